The summed E-state index contributed by atoms with van der Waals surface area (Å²) in [5.74, 6) is 2.38. The summed E-state index contributed by atoms with van der Waals surface area (Å²) in [7, 11) is 1.62. The van der Waals surface area contributed by atoms with Crippen LogP contribution >= 0.6 is 23.4 Å². The van der Waals surface area contributed by atoms with Crippen molar-refractivity contribution in [3.8, 4) is 11.5 Å². The predicted octanol–water partition coefficient (Wildman–Crippen LogP) is 2.98. The molecule has 0 fully saturated rings. The number of hydrogen-bond donors (Lipinski definition) is 1. The van der Waals surface area contributed by atoms with Crippen molar-refractivity contribution >= 4 is 23.4 Å². The average molecular weight is 290 g/mol. The fourth-order valence-corrected chi connectivity index (χ4v) is 2.30. The number of halogens is 1. The topological polar surface area (TPSA) is 44.5 Å². The van der Waals surface area contributed by atoms with Gasteiger partial charge in [0.25, 0.3) is 0 Å². The van der Waals surface area contributed by atoms with Crippen LogP contribution in [0.25, 0.3) is 0 Å². The molecule has 0 aliphatic carbocycles. The maximum Gasteiger partial charge on any atom is 0.179 e. The third kappa shape index (κ3) is 4.59. The summed E-state index contributed by atoms with van der Waals surface area (Å²) < 4.78 is 11.0. The lowest BCUT2D eigenvalue weighted by Crippen LogP contribution is -2.05. The second-order valence-corrected chi connectivity index (χ2v) is 5.24. The van der Waals surface area contributed by atoms with E-state index in [1.807, 2.05) is 12.1 Å². The number of nitrogens with two attached hydrogens (primary N) is 1. The Kier molecular flexibility index (Phi) is 7.32. The smallest absolute Gasteiger partial charge is 0.179 e. The van der Waals surface area contributed by atoms with Gasteiger partial charge in [0.2, 0.25) is 0 Å². The molecular weight excluding hydrogens is 270 g/mol. The van der Waals surface area contributed by atoms with Crippen molar-refractivity contribution in [2.45, 2.75) is 12.8 Å². The van der Waals surface area contributed by atoms with Crippen molar-refractivity contribution in [2.24, 2.45) is 5.73 Å². The van der Waals surface area contributed by atoms with Gasteiger partial charge >= 0.3 is 0 Å². The molecule has 3 nitrogen and oxygen atoms in total. The maximum atomic E-state index is 6.21. The Bertz CT molecular complexity index is 374. The highest BCUT2D eigenvalue weighted by molar-refractivity contribution is 7.98. The van der Waals surface area contributed by atoms with Crippen LogP contribution in [0.2, 0.25) is 5.02 Å². The molecule has 102 valence electrons. The van der Waals surface area contributed by atoms with Crippen LogP contribution in [0.5, 0.6) is 11.5 Å². The first-order valence-corrected chi connectivity index (χ1v) is 7.68. The zero-order valence-electron chi connectivity index (χ0n) is 10.9. The van der Waals surface area contributed by atoms with Crippen LogP contribution < -0.4 is 15.2 Å². The third-order valence-corrected chi connectivity index (χ3v) is 3.44. The van der Waals surface area contributed by atoms with Gasteiger partial charge in [-0.25, -0.2) is 0 Å². The molecule has 2 N–H and O–H groups in total. The van der Waals surface area contributed by atoms with Gasteiger partial charge in [0.1, 0.15) is 0 Å². The number of benzene rings is 1. The van der Waals surface area contributed by atoms with Gasteiger partial charge in [-0.05, 0) is 49.1 Å². The van der Waals surface area contributed by atoms with E-state index in [1.54, 1.807) is 18.9 Å². The van der Waals surface area contributed by atoms with Crippen LogP contribution in [0, 0.1) is 0 Å². The van der Waals surface area contributed by atoms with E-state index >= 15 is 0 Å². The zero-order valence-corrected chi connectivity index (χ0v) is 12.4. The maximum absolute atomic E-state index is 6.21. The monoisotopic (exact) mass is 289 g/mol. The van der Waals surface area contributed by atoms with Gasteiger partial charge in [-0.3, -0.25) is 0 Å². The SMILES string of the molecule is COc1cc(CCN)cc(Cl)c1OCCCSC. The van der Waals surface area contributed by atoms with E-state index in [4.69, 9.17) is 26.8 Å². The van der Waals surface area contributed by atoms with Gasteiger partial charge in [-0.2, -0.15) is 11.8 Å². The summed E-state index contributed by atoms with van der Waals surface area (Å²) in [5, 5.41) is 0.585. The molecule has 0 saturated heterocycles. The Morgan fingerprint density at radius 2 is 2.17 bits per heavy atom. The van der Waals surface area contributed by atoms with Gasteiger partial charge in [0.15, 0.2) is 11.5 Å². The van der Waals surface area contributed by atoms with Crippen LogP contribution in [0.3, 0.4) is 0 Å². The molecule has 0 unspecified atom stereocenters. The molecule has 0 aromatic heterocycles. The molecule has 0 atom stereocenters. The molecule has 18 heavy (non-hydrogen) atoms. The van der Waals surface area contributed by atoms with Gasteiger partial charge in [-0.1, -0.05) is 11.6 Å². The molecule has 0 radical (unpaired) electrons. The lowest BCUT2D eigenvalue weighted by molar-refractivity contribution is 0.295. The van der Waals surface area contributed by atoms with Crippen LogP contribution in [0.4, 0.5) is 0 Å². The van der Waals surface area contributed by atoms with E-state index in [9.17, 15) is 0 Å². The first kappa shape index (κ1) is 15.5. The summed E-state index contributed by atoms with van der Waals surface area (Å²) in [5.41, 5.74) is 6.60. The van der Waals surface area contributed by atoms with Gasteiger partial charge in [-0.15, -0.1) is 0 Å². The van der Waals surface area contributed by atoms with E-state index < -0.39 is 0 Å². The molecule has 1 rings (SSSR count). The molecule has 1 aromatic carbocycles. The number of hydrogen-bond acceptors (Lipinski definition) is 4. The summed E-state index contributed by atoms with van der Waals surface area (Å²) in [4.78, 5) is 0. The molecule has 0 heterocycles. The van der Waals surface area contributed by atoms with Gasteiger partial charge in [0.05, 0.1) is 18.7 Å². The second-order valence-electron chi connectivity index (χ2n) is 3.84. The Morgan fingerprint density at radius 1 is 1.39 bits per heavy atom. The van der Waals surface area contributed by atoms with E-state index in [-0.39, 0.29) is 0 Å². The lowest BCUT2D eigenvalue weighted by Gasteiger charge is -2.14. The van der Waals surface area contributed by atoms with E-state index in [1.165, 1.54) is 0 Å². The Morgan fingerprint density at radius 3 is 2.78 bits per heavy atom. The quantitative estimate of drug-likeness (QED) is 0.747. The van der Waals surface area contributed by atoms with Crippen LogP contribution in [0.1, 0.15) is 12.0 Å². The largest absolute Gasteiger partial charge is 0.493 e. The van der Waals surface area contributed by atoms with Crippen LogP contribution in [-0.2, 0) is 6.42 Å². The summed E-state index contributed by atoms with van der Waals surface area (Å²) in [6.07, 6.45) is 3.85. The highest BCUT2D eigenvalue weighted by Gasteiger charge is 2.11. The zero-order chi connectivity index (χ0) is 13.4. The third-order valence-electron chi connectivity index (χ3n) is 2.46. The van der Waals surface area contributed by atoms with E-state index in [0.29, 0.717) is 29.7 Å². The normalized spacial score (nSPS) is 10.4. The molecule has 0 aliphatic rings. The number of rotatable bonds is 8. The van der Waals surface area contributed by atoms with Crippen molar-refractivity contribution in [1.82, 2.24) is 0 Å². The van der Waals surface area contributed by atoms with Crippen molar-refractivity contribution in [3.05, 3.63) is 22.7 Å². The minimum Gasteiger partial charge on any atom is -0.493 e. The fourth-order valence-electron chi connectivity index (χ4n) is 1.60. The Labute approximate surface area is 118 Å². The molecule has 0 spiro atoms. The van der Waals surface area contributed by atoms with Crippen molar-refractivity contribution in [1.29, 1.82) is 0 Å². The molecular formula is C13H20ClNO2S. The summed E-state index contributed by atoms with van der Waals surface area (Å²) >= 11 is 8.01. The van der Waals surface area contributed by atoms with Crippen molar-refractivity contribution < 1.29 is 9.47 Å². The minimum atomic E-state index is 0.585. The number of thioether (sulfide) groups is 1. The molecule has 1 aromatic rings. The molecule has 5 heteroatoms. The van der Waals surface area contributed by atoms with Crippen molar-refractivity contribution in [3.63, 3.8) is 0 Å². The molecule has 0 aliphatic heterocycles. The lowest BCUT2D eigenvalue weighted by atomic mass is 10.1. The van der Waals surface area contributed by atoms with Gasteiger partial charge < -0.3 is 15.2 Å². The molecule has 0 bridgehead atoms. The molecule has 0 amide bonds. The van der Waals surface area contributed by atoms with E-state index in [2.05, 4.69) is 6.26 Å². The fraction of sp³-hybridized carbons (Fsp3) is 0.538. The standard InChI is InChI=1S/C13H20ClNO2S/c1-16-12-9-10(4-5-15)8-11(14)13(12)17-6-3-7-18-2/h8-9H,3-7,15H2,1-2H3. The number of methoxy groups -OCH3 is 1. The first-order chi connectivity index (χ1) is 8.72. The highest BCUT2D eigenvalue weighted by Crippen LogP contribution is 2.36. The van der Waals surface area contributed by atoms with Gasteiger partial charge in [0, 0.05) is 0 Å². The van der Waals surface area contributed by atoms with Crippen LogP contribution in [-0.4, -0.2) is 32.3 Å². The Balaban J connectivity index is 2.76. The summed E-state index contributed by atoms with van der Waals surface area (Å²) in [6.45, 7) is 1.24. The minimum absolute atomic E-state index is 0.585. The van der Waals surface area contributed by atoms with E-state index in [0.717, 1.165) is 24.2 Å². The van der Waals surface area contributed by atoms with Crippen molar-refractivity contribution in [2.75, 3.05) is 32.3 Å². The Hall–Kier alpha value is -0.580. The highest BCUT2D eigenvalue weighted by atomic mass is 35.5. The predicted molar refractivity (Wildman–Crippen MR) is 79.3 cm³/mol. The second kappa shape index (κ2) is 8.51. The first-order valence-electron chi connectivity index (χ1n) is 5.91. The average Bonchev–Trinajstić information content (AvgIpc) is 2.36. The molecule has 0 saturated carbocycles. The van der Waals surface area contributed by atoms with Crippen LogP contribution in [0.15, 0.2) is 12.1 Å². The number of ether oxygens (including phenoxy) is 2. The summed E-state index contributed by atoms with van der Waals surface area (Å²) in [6, 6.07) is 3.82.